The summed E-state index contributed by atoms with van der Waals surface area (Å²) in [6, 6.07) is 0. The lowest BCUT2D eigenvalue weighted by molar-refractivity contribution is -0.153. The van der Waals surface area contributed by atoms with Gasteiger partial charge in [0.1, 0.15) is 0 Å². The van der Waals surface area contributed by atoms with Gasteiger partial charge in [-0.15, -0.1) is 0 Å². The van der Waals surface area contributed by atoms with E-state index in [4.69, 9.17) is 4.74 Å². The fourth-order valence-electron chi connectivity index (χ4n) is 2.80. The fourth-order valence-corrected chi connectivity index (χ4v) is 2.80. The van der Waals surface area contributed by atoms with Crippen LogP contribution in [-0.2, 0) is 16.6 Å². The number of carboxylic acids is 1. The minimum Gasteiger partial charge on any atom is -0.481 e. The monoisotopic (exact) mass is 295 g/mol. The maximum absolute atomic E-state index is 12.4. The Hall–Kier alpha value is -1.89. The van der Waals surface area contributed by atoms with Gasteiger partial charge in [-0.3, -0.25) is 14.3 Å². The molecule has 2 rings (SSSR count). The molecule has 1 atom stereocenters. The molecule has 7 heteroatoms. The predicted molar refractivity (Wildman–Crippen MR) is 74.9 cm³/mol. The van der Waals surface area contributed by atoms with Crippen LogP contribution >= 0.6 is 0 Å². The number of aryl methyl sites for hydroxylation is 1. The highest BCUT2D eigenvalue weighted by atomic mass is 16.5. The lowest BCUT2D eigenvalue weighted by Crippen LogP contribution is -2.50. The number of carbonyl (C=O) groups is 2. The van der Waals surface area contributed by atoms with E-state index in [-0.39, 0.29) is 12.5 Å². The van der Waals surface area contributed by atoms with Crippen LogP contribution in [0.2, 0.25) is 0 Å². The normalized spacial score (nSPS) is 22.3. The van der Waals surface area contributed by atoms with Crippen LogP contribution in [0.4, 0.5) is 0 Å². The summed E-state index contributed by atoms with van der Waals surface area (Å²) in [4.78, 5) is 25.7. The molecule has 116 valence electrons. The molecule has 1 aromatic rings. The zero-order chi connectivity index (χ0) is 15.5. The van der Waals surface area contributed by atoms with Gasteiger partial charge in [-0.2, -0.15) is 5.10 Å². The molecule has 0 bridgehead atoms. The number of ether oxygens (including phenoxy) is 1. The van der Waals surface area contributed by atoms with E-state index in [0.717, 1.165) is 0 Å². The molecule has 1 amide bonds. The van der Waals surface area contributed by atoms with Crippen molar-refractivity contribution in [3.8, 4) is 0 Å². The van der Waals surface area contributed by atoms with E-state index in [9.17, 15) is 14.7 Å². The van der Waals surface area contributed by atoms with Crippen molar-refractivity contribution >= 4 is 11.9 Å². The number of rotatable bonds is 5. The summed E-state index contributed by atoms with van der Waals surface area (Å²) >= 11 is 0. The predicted octanol–water partition coefficient (Wildman–Crippen LogP) is 0.764. The van der Waals surface area contributed by atoms with Crippen LogP contribution in [0.1, 0.15) is 29.6 Å². The zero-order valence-corrected chi connectivity index (χ0v) is 12.4. The average molecular weight is 295 g/mol. The Morgan fingerprint density at radius 2 is 2.29 bits per heavy atom. The summed E-state index contributed by atoms with van der Waals surface area (Å²) in [6.07, 6.45) is 4.82. The molecule has 21 heavy (non-hydrogen) atoms. The number of likely N-dealkylation sites (tertiary alicyclic amines) is 1. The molecule has 1 N–H and O–H groups in total. The second-order valence-electron chi connectivity index (χ2n) is 5.56. The minimum absolute atomic E-state index is 0.161. The van der Waals surface area contributed by atoms with Crippen LogP contribution in [0.15, 0.2) is 12.4 Å². The smallest absolute Gasteiger partial charge is 0.311 e. The number of amides is 1. The number of hydrogen-bond acceptors (Lipinski definition) is 4. The first-order valence-electron chi connectivity index (χ1n) is 6.99. The van der Waals surface area contributed by atoms with Crippen molar-refractivity contribution in [3.63, 3.8) is 0 Å². The molecular weight excluding hydrogens is 274 g/mol. The Morgan fingerprint density at radius 1 is 1.52 bits per heavy atom. The van der Waals surface area contributed by atoms with Crippen LogP contribution in [-0.4, -0.2) is 58.5 Å². The minimum atomic E-state index is -0.911. The van der Waals surface area contributed by atoms with Gasteiger partial charge in [0.05, 0.1) is 17.2 Å². The number of aromatic nitrogens is 2. The topological polar surface area (TPSA) is 84.7 Å². The van der Waals surface area contributed by atoms with Gasteiger partial charge in [-0.05, 0) is 19.3 Å². The van der Waals surface area contributed by atoms with Gasteiger partial charge in [0.25, 0.3) is 5.91 Å². The second kappa shape index (κ2) is 6.26. The van der Waals surface area contributed by atoms with Gasteiger partial charge < -0.3 is 14.7 Å². The molecule has 7 nitrogen and oxygen atoms in total. The molecule has 0 aromatic carbocycles. The third-order valence-corrected chi connectivity index (χ3v) is 4.05. The number of aliphatic carboxylic acids is 1. The SMILES string of the molecule is COCCC1(C(=O)O)CCCN(C(=O)c2cnn(C)c2)C1. The van der Waals surface area contributed by atoms with E-state index in [1.165, 1.54) is 6.20 Å². The Balaban J connectivity index is 2.14. The molecule has 1 aliphatic rings. The quantitative estimate of drug-likeness (QED) is 0.867. The van der Waals surface area contributed by atoms with E-state index in [1.807, 2.05) is 0 Å². The number of carbonyl (C=O) groups excluding carboxylic acids is 1. The van der Waals surface area contributed by atoms with Crippen molar-refractivity contribution in [2.24, 2.45) is 12.5 Å². The van der Waals surface area contributed by atoms with Crippen molar-refractivity contribution in [3.05, 3.63) is 18.0 Å². The largest absolute Gasteiger partial charge is 0.481 e. The standard InChI is InChI=1S/C14H21N3O4/c1-16-9-11(8-15-16)12(18)17-6-3-4-14(10-17,13(19)20)5-7-21-2/h8-9H,3-7,10H2,1-2H3,(H,19,20). The van der Waals surface area contributed by atoms with Gasteiger partial charge in [0.15, 0.2) is 0 Å². The van der Waals surface area contributed by atoms with Gasteiger partial charge >= 0.3 is 5.97 Å². The summed E-state index contributed by atoms with van der Waals surface area (Å²) in [6.45, 7) is 1.18. The van der Waals surface area contributed by atoms with E-state index in [1.54, 1.807) is 29.9 Å². The fraction of sp³-hybridized carbons (Fsp3) is 0.643. The lowest BCUT2D eigenvalue weighted by Gasteiger charge is -2.39. The van der Waals surface area contributed by atoms with E-state index < -0.39 is 11.4 Å². The van der Waals surface area contributed by atoms with Crippen LogP contribution < -0.4 is 0 Å². The maximum atomic E-state index is 12.4. The van der Waals surface area contributed by atoms with Gasteiger partial charge in [-0.25, -0.2) is 0 Å². The highest BCUT2D eigenvalue weighted by Gasteiger charge is 2.43. The number of nitrogens with zero attached hydrogens (tertiary/aromatic N) is 3. The number of methoxy groups -OCH3 is 1. The Kier molecular flexibility index (Phi) is 4.62. The molecular formula is C14H21N3O4. The van der Waals surface area contributed by atoms with Crippen molar-refractivity contribution in [1.29, 1.82) is 0 Å². The lowest BCUT2D eigenvalue weighted by atomic mass is 9.77. The molecule has 1 saturated heterocycles. The van der Waals surface area contributed by atoms with Crippen LogP contribution in [0, 0.1) is 5.41 Å². The van der Waals surface area contributed by atoms with Crippen LogP contribution in [0.25, 0.3) is 0 Å². The van der Waals surface area contributed by atoms with E-state index in [2.05, 4.69) is 5.10 Å². The third kappa shape index (κ3) is 3.24. The molecule has 1 fully saturated rings. The highest BCUT2D eigenvalue weighted by molar-refractivity contribution is 5.94. The first kappa shape index (κ1) is 15.5. The van der Waals surface area contributed by atoms with Crippen LogP contribution in [0.3, 0.4) is 0 Å². The summed E-state index contributed by atoms with van der Waals surface area (Å²) in [5.41, 5.74) is -0.419. The van der Waals surface area contributed by atoms with E-state index in [0.29, 0.717) is 38.0 Å². The summed E-state index contributed by atoms with van der Waals surface area (Å²) in [7, 11) is 3.30. The molecule has 1 unspecified atom stereocenters. The summed E-state index contributed by atoms with van der Waals surface area (Å²) in [5, 5.41) is 13.6. The van der Waals surface area contributed by atoms with Crippen molar-refractivity contribution < 1.29 is 19.4 Å². The summed E-state index contributed by atoms with van der Waals surface area (Å²) < 4.78 is 6.59. The summed E-state index contributed by atoms with van der Waals surface area (Å²) in [5.74, 6) is -1.02. The first-order valence-corrected chi connectivity index (χ1v) is 6.99. The highest BCUT2D eigenvalue weighted by Crippen LogP contribution is 2.34. The molecule has 0 spiro atoms. The van der Waals surface area contributed by atoms with Crippen molar-refractivity contribution in [1.82, 2.24) is 14.7 Å². The average Bonchev–Trinajstić information content (AvgIpc) is 2.91. The van der Waals surface area contributed by atoms with Gasteiger partial charge in [-0.1, -0.05) is 0 Å². The number of carboxylic acid groups (broad SMARTS) is 1. The third-order valence-electron chi connectivity index (χ3n) is 4.05. The molecule has 1 aromatic heterocycles. The van der Waals surface area contributed by atoms with Gasteiger partial charge in [0.2, 0.25) is 0 Å². The Morgan fingerprint density at radius 3 is 2.86 bits per heavy atom. The van der Waals surface area contributed by atoms with Crippen LogP contribution in [0.5, 0.6) is 0 Å². The maximum Gasteiger partial charge on any atom is 0.311 e. The van der Waals surface area contributed by atoms with Crippen molar-refractivity contribution in [2.45, 2.75) is 19.3 Å². The second-order valence-corrected chi connectivity index (χ2v) is 5.56. The van der Waals surface area contributed by atoms with Crippen molar-refractivity contribution in [2.75, 3.05) is 26.8 Å². The molecule has 0 radical (unpaired) electrons. The Labute approximate surface area is 123 Å². The zero-order valence-electron chi connectivity index (χ0n) is 12.4. The molecule has 2 heterocycles. The molecule has 0 aliphatic carbocycles. The molecule has 0 saturated carbocycles. The molecule has 1 aliphatic heterocycles. The number of hydrogen-bond donors (Lipinski definition) is 1. The van der Waals surface area contributed by atoms with Gasteiger partial charge in [0, 0.05) is 40.1 Å². The Bertz CT molecular complexity index is 528. The first-order chi connectivity index (χ1) is 9.98. The van der Waals surface area contributed by atoms with E-state index >= 15 is 0 Å². The number of piperidine rings is 1.